The van der Waals surface area contributed by atoms with Crippen LogP contribution in [-0.4, -0.2) is 24.2 Å². The molecule has 0 saturated carbocycles. The molecule has 0 radical (unpaired) electrons. The molecule has 0 aliphatic heterocycles. The number of carbonyl (C=O) groups excluding carboxylic acids is 1. The highest BCUT2D eigenvalue weighted by Crippen LogP contribution is 2.28. The van der Waals surface area contributed by atoms with E-state index in [1.165, 1.54) is 0 Å². The maximum Gasteiger partial charge on any atom is 0.237 e. The van der Waals surface area contributed by atoms with E-state index in [1.54, 1.807) is 24.9 Å². The Bertz CT molecular complexity index is 470. The lowest BCUT2D eigenvalue weighted by atomic mass is 9.94. The van der Waals surface area contributed by atoms with Gasteiger partial charge in [0.15, 0.2) is 0 Å². The number of benzene rings is 1. The molecule has 1 rings (SSSR count). The van der Waals surface area contributed by atoms with Gasteiger partial charge in [-0.25, -0.2) is 0 Å². The number of nitrogens with two attached hydrogens (primary N) is 1. The van der Waals surface area contributed by atoms with Crippen molar-refractivity contribution in [3.05, 3.63) is 28.2 Å². The average Bonchev–Trinajstić information content (AvgIpc) is 2.41. The zero-order valence-corrected chi connectivity index (χ0v) is 14.0. The third-order valence-corrected chi connectivity index (χ3v) is 5.15. The van der Waals surface area contributed by atoms with E-state index in [4.69, 9.17) is 28.9 Å². The molecule has 112 valence electrons. The van der Waals surface area contributed by atoms with Crippen molar-refractivity contribution in [2.75, 3.05) is 12.8 Å². The first kappa shape index (κ1) is 17.6. The van der Waals surface area contributed by atoms with E-state index in [-0.39, 0.29) is 5.91 Å². The summed E-state index contributed by atoms with van der Waals surface area (Å²) < 4.78 is 0. The quantitative estimate of drug-likeness (QED) is 0.562. The van der Waals surface area contributed by atoms with Crippen LogP contribution in [0.25, 0.3) is 0 Å². The summed E-state index contributed by atoms with van der Waals surface area (Å²) in [6, 6.07) is 5.63. The lowest BCUT2D eigenvalue weighted by Crippen LogP contribution is -2.51. The minimum absolute atomic E-state index is 0.308. The van der Waals surface area contributed by atoms with Gasteiger partial charge in [-0.1, -0.05) is 29.6 Å². The Morgan fingerprint density at radius 2 is 2.05 bits per heavy atom. The molecule has 0 bridgehead atoms. The first-order chi connectivity index (χ1) is 9.39. The van der Waals surface area contributed by atoms with Gasteiger partial charge in [0.25, 0.3) is 0 Å². The number of halogens is 2. The van der Waals surface area contributed by atoms with Gasteiger partial charge < -0.3 is 11.1 Å². The molecule has 1 unspecified atom stereocenters. The Hall–Kier alpha value is -0.420. The third-order valence-electron chi connectivity index (χ3n) is 3.33. The summed E-state index contributed by atoms with van der Waals surface area (Å²) in [6.07, 6.45) is 2.69. The molecule has 1 atom stereocenters. The molecule has 0 saturated heterocycles. The number of likely N-dealkylation sites (N-methyl/N-ethyl adjacent to an activating group) is 1. The predicted octanol–water partition coefficient (Wildman–Crippen LogP) is 3.72. The van der Waals surface area contributed by atoms with Crippen LogP contribution in [0.1, 0.15) is 26.2 Å². The smallest absolute Gasteiger partial charge is 0.237 e. The van der Waals surface area contributed by atoms with Crippen molar-refractivity contribution in [2.24, 2.45) is 5.73 Å². The van der Waals surface area contributed by atoms with Crippen LogP contribution in [-0.2, 0) is 4.79 Å². The predicted molar refractivity (Wildman–Crippen MR) is 87.7 cm³/mol. The van der Waals surface area contributed by atoms with Crippen molar-refractivity contribution in [1.29, 1.82) is 0 Å². The van der Waals surface area contributed by atoms with Crippen molar-refractivity contribution in [3.63, 3.8) is 0 Å². The minimum atomic E-state index is -0.617. The molecule has 3 N–H and O–H groups in total. The molecule has 0 spiro atoms. The lowest BCUT2D eigenvalue weighted by molar-refractivity contribution is -0.123. The zero-order valence-electron chi connectivity index (χ0n) is 11.7. The Kier molecular flexibility index (Phi) is 7.17. The number of nitrogens with one attached hydrogen (secondary N) is 1. The summed E-state index contributed by atoms with van der Waals surface area (Å²) >= 11 is 13.6. The fourth-order valence-electron chi connectivity index (χ4n) is 1.71. The Morgan fingerprint density at radius 1 is 1.35 bits per heavy atom. The Morgan fingerprint density at radius 3 is 2.60 bits per heavy atom. The van der Waals surface area contributed by atoms with Gasteiger partial charge in [-0.3, -0.25) is 4.79 Å². The molecule has 20 heavy (non-hydrogen) atoms. The van der Waals surface area contributed by atoms with Crippen molar-refractivity contribution in [1.82, 2.24) is 5.32 Å². The summed E-state index contributed by atoms with van der Waals surface area (Å²) in [4.78, 5) is 12.4. The molecular weight excluding hydrogens is 315 g/mol. The minimum Gasteiger partial charge on any atom is -0.368 e. The largest absolute Gasteiger partial charge is 0.368 e. The molecule has 0 fully saturated rings. The normalized spacial score (nSPS) is 14.0. The van der Waals surface area contributed by atoms with Gasteiger partial charge in [0.1, 0.15) is 0 Å². The van der Waals surface area contributed by atoms with Gasteiger partial charge in [0.2, 0.25) is 5.91 Å². The lowest BCUT2D eigenvalue weighted by Gasteiger charge is -2.25. The molecule has 1 aromatic rings. The monoisotopic (exact) mass is 334 g/mol. The molecule has 3 nitrogen and oxygen atoms in total. The van der Waals surface area contributed by atoms with E-state index >= 15 is 0 Å². The second kappa shape index (κ2) is 8.13. The maximum absolute atomic E-state index is 11.3. The van der Waals surface area contributed by atoms with Crippen LogP contribution in [0.2, 0.25) is 10.0 Å². The van der Waals surface area contributed by atoms with Crippen molar-refractivity contribution >= 4 is 40.9 Å². The van der Waals surface area contributed by atoms with E-state index in [0.717, 1.165) is 29.9 Å². The molecule has 0 heterocycles. The van der Waals surface area contributed by atoms with Crippen LogP contribution >= 0.6 is 35.0 Å². The van der Waals surface area contributed by atoms with E-state index in [1.807, 2.05) is 19.1 Å². The maximum atomic E-state index is 11.3. The summed E-state index contributed by atoms with van der Waals surface area (Å²) in [6.45, 7) is 1.83. The van der Waals surface area contributed by atoms with Gasteiger partial charge >= 0.3 is 0 Å². The standard InChI is InChI=1S/C14H20Cl2N2OS/c1-14(18-2,13(17)19)7-3-4-8-20-10-5-6-11(15)12(16)9-10/h5-6,9,18H,3-4,7-8H2,1-2H3,(H2,17,19). The van der Waals surface area contributed by atoms with E-state index in [9.17, 15) is 4.79 Å². The highest BCUT2D eigenvalue weighted by atomic mass is 35.5. The number of rotatable bonds is 8. The molecule has 1 amide bonds. The average molecular weight is 335 g/mol. The van der Waals surface area contributed by atoms with Crippen LogP contribution in [0.3, 0.4) is 0 Å². The molecular formula is C14H20Cl2N2OS. The molecule has 0 aromatic heterocycles. The van der Waals surface area contributed by atoms with Crippen molar-refractivity contribution < 1.29 is 4.79 Å². The first-order valence-corrected chi connectivity index (χ1v) is 8.20. The van der Waals surface area contributed by atoms with Gasteiger partial charge in [-0.05, 0) is 50.8 Å². The molecule has 6 heteroatoms. The number of amides is 1. The van der Waals surface area contributed by atoms with Gasteiger partial charge in [-0.15, -0.1) is 11.8 Å². The third kappa shape index (κ3) is 5.17. The number of carbonyl (C=O) groups is 1. The topological polar surface area (TPSA) is 55.1 Å². The van der Waals surface area contributed by atoms with Gasteiger partial charge in [-0.2, -0.15) is 0 Å². The van der Waals surface area contributed by atoms with Gasteiger partial charge in [0, 0.05) is 4.90 Å². The molecule has 1 aromatic carbocycles. The number of hydrogen-bond acceptors (Lipinski definition) is 3. The number of primary amides is 1. The second-order valence-electron chi connectivity index (χ2n) is 4.83. The van der Waals surface area contributed by atoms with E-state index in [2.05, 4.69) is 5.32 Å². The fourth-order valence-corrected chi connectivity index (χ4v) is 3.02. The van der Waals surface area contributed by atoms with E-state index < -0.39 is 5.54 Å². The number of unbranched alkanes of at least 4 members (excludes halogenated alkanes) is 1. The highest BCUT2D eigenvalue weighted by Gasteiger charge is 2.27. The SMILES string of the molecule is CNC(C)(CCCCSc1ccc(Cl)c(Cl)c1)C(N)=O. The summed E-state index contributed by atoms with van der Waals surface area (Å²) in [5, 5.41) is 4.14. The number of thioether (sulfide) groups is 1. The second-order valence-corrected chi connectivity index (χ2v) is 6.81. The Balaban J connectivity index is 2.31. The number of hydrogen-bond donors (Lipinski definition) is 2. The summed E-state index contributed by atoms with van der Waals surface area (Å²) in [5.41, 5.74) is 4.77. The highest BCUT2D eigenvalue weighted by molar-refractivity contribution is 7.99. The van der Waals surface area contributed by atoms with Crippen molar-refractivity contribution in [3.8, 4) is 0 Å². The van der Waals surface area contributed by atoms with Crippen LogP contribution in [0.15, 0.2) is 23.1 Å². The van der Waals surface area contributed by atoms with Crippen LogP contribution < -0.4 is 11.1 Å². The van der Waals surface area contributed by atoms with Crippen molar-refractivity contribution in [2.45, 2.75) is 36.6 Å². The zero-order chi connectivity index (χ0) is 15.2. The van der Waals surface area contributed by atoms with Crippen LogP contribution in [0.5, 0.6) is 0 Å². The summed E-state index contributed by atoms with van der Waals surface area (Å²) in [7, 11) is 1.76. The first-order valence-electron chi connectivity index (χ1n) is 6.46. The molecule has 0 aliphatic rings. The molecule has 0 aliphatic carbocycles. The van der Waals surface area contributed by atoms with Crippen LogP contribution in [0, 0.1) is 0 Å². The van der Waals surface area contributed by atoms with Crippen LogP contribution in [0.4, 0.5) is 0 Å². The van der Waals surface area contributed by atoms with E-state index in [0.29, 0.717) is 10.0 Å². The fraction of sp³-hybridized carbons (Fsp3) is 0.500. The Labute approximate surface area is 134 Å². The van der Waals surface area contributed by atoms with Gasteiger partial charge in [0.05, 0.1) is 15.6 Å². The summed E-state index contributed by atoms with van der Waals surface area (Å²) in [5.74, 6) is 0.661.